The number of halogens is 1. The van der Waals surface area contributed by atoms with E-state index in [9.17, 15) is 9.00 Å². The molecule has 0 amide bonds. The van der Waals surface area contributed by atoms with E-state index in [0.717, 1.165) is 6.20 Å². The lowest BCUT2D eigenvalue weighted by Gasteiger charge is -2.00. The number of thiophene rings is 1. The van der Waals surface area contributed by atoms with Crippen molar-refractivity contribution in [1.29, 1.82) is 5.26 Å². The fraction of sp³-hybridized carbons (Fsp3) is 0.0667. The van der Waals surface area contributed by atoms with Crippen molar-refractivity contribution in [3.8, 4) is 6.07 Å². The van der Waals surface area contributed by atoms with Crippen LogP contribution in [0, 0.1) is 11.3 Å². The zero-order chi connectivity index (χ0) is 16.2. The number of hydrogen-bond acceptors (Lipinski definition) is 5. The summed E-state index contributed by atoms with van der Waals surface area (Å²) in [4.78, 5) is 12.8. The molecule has 0 unspecified atom stereocenters. The molecule has 0 aliphatic heterocycles. The molecule has 7 heteroatoms. The molecular formula is C15H11ClN2O2S2. The molecule has 112 valence electrons. The number of carbonyl (C=O) groups is 1. The van der Waals surface area contributed by atoms with Gasteiger partial charge in [0, 0.05) is 22.2 Å². The highest BCUT2D eigenvalue weighted by Crippen LogP contribution is 2.17. The normalized spacial score (nSPS) is 14.0. The molecule has 2 rings (SSSR count). The number of nitriles is 1. The lowest BCUT2D eigenvalue weighted by Crippen LogP contribution is -2.02. The minimum Gasteiger partial charge on any atom is -0.288 e. The Kier molecular flexibility index (Phi) is 5.14. The van der Waals surface area contributed by atoms with Gasteiger partial charge in [-0.3, -0.25) is 4.79 Å². The van der Waals surface area contributed by atoms with E-state index < -0.39 is 15.5 Å². The number of nitrogens with zero attached hydrogens (tertiary/aromatic N) is 2. The highest BCUT2D eigenvalue weighted by atomic mass is 35.5. The van der Waals surface area contributed by atoms with E-state index in [0.29, 0.717) is 15.5 Å². The van der Waals surface area contributed by atoms with Crippen molar-refractivity contribution >= 4 is 38.4 Å². The Balaban J connectivity index is 2.36. The average Bonchev–Trinajstić information content (AvgIpc) is 3.03. The van der Waals surface area contributed by atoms with Gasteiger partial charge in [0.15, 0.2) is 0 Å². The van der Waals surface area contributed by atoms with Gasteiger partial charge in [-0.05, 0) is 35.7 Å². The van der Waals surface area contributed by atoms with Crippen LogP contribution in [-0.4, -0.2) is 16.2 Å². The first-order valence-electron chi connectivity index (χ1n) is 6.08. The number of rotatable bonds is 4. The van der Waals surface area contributed by atoms with Gasteiger partial charge in [-0.2, -0.15) is 16.6 Å². The lowest BCUT2D eigenvalue weighted by molar-refractivity contribution is 0.103. The van der Waals surface area contributed by atoms with Crippen molar-refractivity contribution in [3.63, 3.8) is 0 Å². The van der Waals surface area contributed by atoms with Gasteiger partial charge in [0.05, 0.1) is 20.8 Å². The SMILES string of the molecule is C[S@](=O)(=N/C=C(\C#N)C(=O)c1ccc(Cl)cc1)c1ccsc1. The maximum Gasteiger partial charge on any atom is 0.205 e. The van der Waals surface area contributed by atoms with E-state index in [1.54, 1.807) is 35.0 Å². The van der Waals surface area contributed by atoms with E-state index in [1.807, 2.05) is 0 Å². The Hall–Kier alpha value is -1.94. The molecule has 0 fully saturated rings. The van der Waals surface area contributed by atoms with Crippen molar-refractivity contribution in [2.24, 2.45) is 4.36 Å². The van der Waals surface area contributed by atoms with E-state index in [2.05, 4.69) is 4.36 Å². The molecule has 0 saturated carbocycles. The average molecular weight is 351 g/mol. The van der Waals surface area contributed by atoms with Crippen LogP contribution < -0.4 is 0 Å². The molecule has 2 aromatic rings. The summed E-state index contributed by atoms with van der Waals surface area (Å²) in [7, 11) is -2.66. The number of Topliss-reactive ketones (excluding diaryl/α,β-unsaturated/α-hetero) is 1. The molecule has 1 aromatic heterocycles. The number of benzene rings is 1. The fourth-order valence-electron chi connectivity index (χ4n) is 1.58. The summed E-state index contributed by atoms with van der Waals surface area (Å²) in [5.41, 5.74) is 0.151. The quantitative estimate of drug-likeness (QED) is 0.472. The summed E-state index contributed by atoms with van der Waals surface area (Å²) >= 11 is 7.17. The van der Waals surface area contributed by atoms with Gasteiger partial charge in [-0.1, -0.05) is 11.6 Å². The first kappa shape index (κ1) is 16.4. The van der Waals surface area contributed by atoms with E-state index in [1.165, 1.54) is 29.7 Å². The number of ketones is 1. The molecule has 0 saturated heterocycles. The summed E-state index contributed by atoms with van der Waals surface area (Å²) in [6.45, 7) is 0. The van der Waals surface area contributed by atoms with Gasteiger partial charge in [0.1, 0.15) is 11.6 Å². The van der Waals surface area contributed by atoms with Crippen LogP contribution in [0.3, 0.4) is 0 Å². The molecule has 1 heterocycles. The number of allylic oxidation sites excluding steroid dienone is 1. The van der Waals surface area contributed by atoms with Gasteiger partial charge in [0.2, 0.25) is 5.78 Å². The third-order valence-corrected chi connectivity index (χ3v) is 5.51. The smallest absolute Gasteiger partial charge is 0.205 e. The van der Waals surface area contributed by atoms with Crippen LogP contribution in [0.1, 0.15) is 10.4 Å². The molecule has 1 atom stereocenters. The van der Waals surface area contributed by atoms with Gasteiger partial charge in [-0.25, -0.2) is 8.57 Å². The summed E-state index contributed by atoms with van der Waals surface area (Å²) in [6, 6.07) is 9.68. The standard InChI is InChI=1S/C15H11ClN2O2S2/c1-22(20,14-6-7-21-10-14)18-9-12(8-17)15(19)11-2-4-13(16)5-3-11/h2-7,9-10H,1H3/b12-9+/t22-/m1/s1. The predicted octanol–water partition coefficient (Wildman–Crippen LogP) is 4.15. The zero-order valence-electron chi connectivity index (χ0n) is 11.5. The second-order valence-electron chi connectivity index (χ2n) is 4.36. The highest BCUT2D eigenvalue weighted by Gasteiger charge is 2.12. The molecule has 0 aliphatic rings. The predicted molar refractivity (Wildman–Crippen MR) is 88.6 cm³/mol. The maximum atomic E-state index is 12.4. The van der Waals surface area contributed by atoms with Crippen LogP contribution in [0.25, 0.3) is 0 Å². The van der Waals surface area contributed by atoms with Crippen LogP contribution >= 0.6 is 22.9 Å². The molecule has 22 heavy (non-hydrogen) atoms. The summed E-state index contributed by atoms with van der Waals surface area (Å²) in [5.74, 6) is -0.483. The Morgan fingerprint density at radius 2 is 2.05 bits per heavy atom. The van der Waals surface area contributed by atoms with Crippen molar-refractivity contribution in [1.82, 2.24) is 0 Å². The maximum absolute atomic E-state index is 12.4. The van der Waals surface area contributed by atoms with Crippen LogP contribution in [0.2, 0.25) is 5.02 Å². The van der Waals surface area contributed by atoms with Gasteiger partial charge >= 0.3 is 0 Å². The van der Waals surface area contributed by atoms with Crippen molar-refractivity contribution in [2.75, 3.05) is 6.26 Å². The Bertz CT molecular complexity index is 869. The van der Waals surface area contributed by atoms with Crippen LogP contribution in [0.5, 0.6) is 0 Å². The minimum atomic E-state index is -2.66. The van der Waals surface area contributed by atoms with Crippen LogP contribution in [0.4, 0.5) is 0 Å². The molecule has 0 aliphatic carbocycles. The largest absolute Gasteiger partial charge is 0.288 e. The van der Waals surface area contributed by atoms with Gasteiger partial charge in [0.25, 0.3) is 0 Å². The molecule has 1 aromatic carbocycles. The third-order valence-electron chi connectivity index (χ3n) is 2.79. The molecule has 0 spiro atoms. The zero-order valence-corrected chi connectivity index (χ0v) is 13.9. The second-order valence-corrected chi connectivity index (χ2v) is 7.86. The van der Waals surface area contributed by atoms with Crippen molar-refractivity contribution < 1.29 is 9.00 Å². The fourth-order valence-corrected chi connectivity index (χ4v) is 3.93. The molecule has 0 bridgehead atoms. The third kappa shape index (κ3) is 3.83. The molecule has 0 N–H and O–H groups in total. The Morgan fingerprint density at radius 1 is 1.36 bits per heavy atom. The Morgan fingerprint density at radius 3 is 2.59 bits per heavy atom. The van der Waals surface area contributed by atoms with E-state index in [4.69, 9.17) is 16.9 Å². The van der Waals surface area contributed by atoms with Gasteiger partial charge in [-0.15, -0.1) is 0 Å². The first-order chi connectivity index (χ1) is 10.4. The number of hydrogen-bond donors (Lipinski definition) is 0. The lowest BCUT2D eigenvalue weighted by atomic mass is 10.1. The second kappa shape index (κ2) is 6.88. The molecule has 4 nitrogen and oxygen atoms in total. The van der Waals surface area contributed by atoms with Gasteiger partial charge < -0.3 is 0 Å². The van der Waals surface area contributed by atoms with E-state index in [-0.39, 0.29) is 5.57 Å². The monoisotopic (exact) mass is 350 g/mol. The molecular weight excluding hydrogens is 340 g/mol. The first-order valence-corrected chi connectivity index (χ1v) is 9.32. The molecule has 0 radical (unpaired) electrons. The topological polar surface area (TPSA) is 70.3 Å². The van der Waals surface area contributed by atoms with Crippen LogP contribution in [0.15, 0.2) is 62.1 Å². The van der Waals surface area contributed by atoms with Crippen LogP contribution in [-0.2, 0) is 9.73 Å². The minimum absolute atomic E-state index is 0.174. The number of carbonyl (C=O) groups excluding carboxylic acids is 1. The summed E-state index contributed by atoms with van der Waals surface area (Å²) < 4.78 is 16.4. The summed E-state index contributed by atoms with van der Waals surface area (Å²) in [5, 5.41) is 13.1. The van der Waals surface area contributed by atoms with Crippen molar-refractivity contribution in [3.05, 3.63) is 63.5 Å². The summed E-state index contributed by atoms with van der Waals surface area (Å²) in [6.07, 6.45) is 2.55. The van der Waals surface area contributed by atoms with E-state index >= 15 is 0 Å². The Labute approximate surface area is 137 Å². The highest BCUT2D eigenvalue weighted by molar-refractivity contribution is 7.93. The van der Waals surface area contributed by atoms with Crippen molar-refractivity contribution in [2.45, 2.75) is 4.90 Å².